The fraction of sp³-hybridized carbons (Fsp3) is 0.238. The van der Waals surface area contributed by atoms with Gasteiger partial charge in [-0.3, -0.25) is 9.59 Å². The van der Waals surface area contributed by atoms with Gasteiger partial charge in [-0.2, -0.15) is 0 Å². The molecule has 0 spiro atoms. The summed E-state index contributed by atoms with van der Waals surface area (Å²) in [5, 5.41) is 0. The molecule has 1 saturated carbocycles. The van der Waals surface area contributed by atoms with Crippen molar-refractivity contribution in [1.82, 2.24) is 0 Å². The number of ether oxygens (including phenoxy) is 1. The Hall–Kier alpha value is -2.68. The van der Waals surface area contributed by atoms with E-state index in [-0.39, 0.29) is 29.7 Å². The topological polar surface area (TPSA) is 43.4 Å². The van der Waals surface area contributed by atoms with Crippen molar-refractivity contribution in [2.75, 3.05) is 0 Å². The number of cyclic esters (lactones) is 2. The van der Waals surface area contributed by atoms with Crippen molar-refractivity contribution in [1.29, 1.82) is 0 Å². The van der Waals surface area contributed by atoms with Crippen molar-refractivity contribution < 1.29 is 14.3 Å². The van der Waals surface area contributed by atoms with E-state index in [4.69, 9.17) is 4.74 Å². The van der Waals surface area contributed by atoms with Crippen molar-refractivity contribution in [3.8, 4) is 0 Å². The van der Waals surface area contributed by atoms with Crippen LogP contribution in [0.25, 0.3) is 5.57 Å². The minimum Gasteiger partial charge on any atom is -0.393 e. The van der Waals surface area contributed by atoms with Crippen LogP contribution in [-0.2, 0) is 19.7 Å². The summed E-state index contributed by atoms with van der Waals surface area (Å²) < 4.78 is 5.03. The number of allylic oxidation sites excluding steroid dienone is 2. The molecule has 0 radical (unpaired) electrons. The van der Waals surface area contributed by atoms with Crippen LogP contribution in [0.4, 0.5) is 0 Å². The normalized spacial score (nSPS) is 33.3. The Morgan fingerprint density at radius 2 is 1.54 bits per heavy atom. The Kier molecular flexibility index (Phi) is 2.67. The van der Waals surface area contributed by atoms with E-state index in [1.807, 2.05) is 36.4 Å². The Balaban J connectivity index is 1.73. The molecule has 2 bridgehead atoms. The molecule has 0 N–H and O–H groups in total. The van der Waals surface area contributed by atoms with E-state index in [9.17, 15) is 9.59 Å². The number of carbonyl (C=O) groups is 2. The Labute approximate surface area is 140 Å². The van der Waals surface area contributed by atoms with Crippen LogP contribution in [0, 0.1) is 17.8 Å². The van der Waals surface area contributed by atoms with E-state index in [1.165, 1.54) is 5.57 Å². The lowest BCUT2D eigenvalue weighted by Crippen LogP contribution is -2.35. The summed E-state index contributed by atoms with van der Waals surface area (Å²) in [7, 11) is 0. The van der Waals surface area contributed by atoms with Gasteiger partial charge in [0.2, 0.25) is 0 Å². The molecule has 1 aliphatic heterocycles. The Morgan fingerprint density at radius 1 is 0.875 bits per heavy atom. The monoisotopic (exact) mass is 316 g/mol. The van der Waals surface area contributed by atoms with E-state index in [0.717, 1.165) is 17.5 Å². The summed E-state index contributed by atoms with van der Waals surface area (Å²) in [6, 6.07) is 20.2. The van der Waals surface area contributed by atoms with Crippen LogP contribution in [0.3, 0.4) is 0 Å². The minimum atomic E-state index is -0.426. The van der Waals surface area contributed by atoms with Crippen LogP contribution in [0.1, 0.15) is 17.5 Å². The first-order valence-electron chi connectivity index (χ1n) is 8.30. The molecule has 0 aromatic heterocycles. The average Bonchev–Trinajstić information content (AvgIpc) is 3.27. The van der Waals surface area contributed by atoms with Crippen molar-refractivity contribution in [3.05, 3.63) is 77.9 Å². The third-order valence-electron chi connectivity index (χ3n) is 5.86. The molecule has 2 aromatic rings. The molecule has 3 aliphatic rings. The first-order chi connectivity index (χ1) is 11.7. The number of esters is 2. The molecule has 4 atom stereocenters. The second-order valence-corrected chi connectivity index (χ2v) is 6.93. The summed E-state index contributed by atoms with van der Waals surface area (Å²) in [5.41, 5.74) is 2.98. The lowest BCUT2D eigenvalue weighted by atomic mass is 9.69. The van der Waals surface area contributed by atoms with E-state index in [2.05, 4.69) is 30.3 Å². The summed E-state index contributed by atoms with van der Waals surface area (Å²) in [4.78, 5) is 24.7. The number of rotatable bonds is 2. The van der Waals surface area contributed by atoms with E-state index in [0.29, 0.717) is 0 Å². The highest BCUT2D eigenvalue weighted by Crippen LogP contribution is 2.64. The minimum absolute atomic E-state index is 0.0524. The third kappa shape index (κ3) is 1.62. The third-order valence-corrected chi connectivity index (χ3v) is 5.86. The maximum absolute atomic E-state index is 12.4. The van der Waals surface area contributed by atoms with Crippen LogP contribution >= 0.6 is 0 Å². The van der Waals surface area contributed by atoms with Crippen LogP contribution in [0.5, 0.6) is 0 Å². The zero-order valence-electron chi connectivity index (χ0n) is 13.0. The zero-order valence-corrected chi connectivity index (χ0v) is 13.0. The fourth-order valence-corrected chi connectivity index (χ4v) is 4.95. The molecule has 1 saturated heterocycles. The number of benzene rings is 2. The second kappa shape index (κ2) is 4.67. The zero-order chi connectivity index (χ0) is 16.3. The summed E-state index contributed by atoms with van der Waals surface area (Å²) in [6.45, 7) is 0. The van der Waals surface area contributed by atoms with Gasteiger partial charge >= 0.3 is 11.9 Å². The first-order valence-corrected chi connectivity index (χ1v) is 8.30. The molecule has 2 aromatic carbocycles. The van der Waals surface area contributed by atoms with Gasteiger partial charge in [0.1, 0.15) is 0 Å². The Morgan fingerprint density at radius 3 is 2.25 bits per heavy atom. The predicted octanol–water partition coefficient (Wildman–Crippen LogP) is 3.36. The van der Waals surface area contributed by atoms with Crippen molar-refractivity contribution in [3.63, 3.8) is 0 Å². The lowest BCUT2D eigenvalue weighted by Gasteiger charge is -2.31. The molecule has 0 amide bonds. The maximum atomic E-state index is 12.4. The fourth-order valence-electron chi connectivity index (χ4n) is 4.95. The second-order valence-electron chi connectivity index (χ2n) is 6.93. The number of fused-ring (bicyclic) bond motifs is 5. The molecule has 0 unspecified atom stereocenters. The Bertz CT molecular complexity index is 868. The molecule has 2 aliphatic carbocycles. The SMILES string of the molecule is O=C1OC(=O)[C@H]2[C@@H]1[C@@H]1C[C@@]2(c2ccccc2)C=C1c1ccccc1. The highest BCUT2D eigenvalue weighted by molar-refractivity contribution is 6.01. The van der Waals surface area contributed by atoms with E-state index < -0.39 is 5.41 Å². The first kappa shape index (κ1) is 13.7. The van der Waals surface area contributed by atoms with Crippen molar-refractivity contribution >= 4 is 17.5 Å². The van der Waals surface area contributed by atoms with Gasteiger partial charge in [-0.25, -0.2) is 0 Å². The standard InChI is InChI=1S/C21H16O3/c22-19-17-16-12-21(18(17)20(23)24-19,14-9-5-2-6-10-14)11-15(16)13-7-3-1-4-8-13/h1-11,16-18H,12H2/t16-,17+,18-,21-/m1/s1. The van der Waals surface area contributed by atoms with Gasteiger partial charge in [0.25, 0.3) is 0 Å². The number of hydrogen-bond acceptors (Lipinski definition) is 3. The summed E-state index contributed by atoms with van der Waals surface area (Å²) >= 11 is 0. The van der Waals surface area contributed by atoms with Crippen LogP contribution < -0.4 is 0 Å². The molecule has 1 heterocycles. The molecule has 118 valence electrons. The number of hydrogen-bond donors (Lipinski definition) is 0. The van der Waals surface area contributed by atoms with Gasteiger partial charge in [-0.1, -0.05) is 66.7 Å². The predicted molar refractivity (Wildman–Crippen MR) is 88.7 cm³/mol. The smallest absolute Gasteiger partial charge is 0.318 e. The quantitative estimate of drug-likeness (QED) is 0.630. The molecule has 2 fully saturated rings. The van der Waals surface area contributed by atoms with Gasteiger partial charge < -0.3 is 4.74 Å². The van der Waals surface area contributed by atoms with E-state index >= 15 is 0 Å². The van der Waals surface area contributed by atoms with Gasteiger partial charge in [-0.05, 0) is 29.0 Å². The molecule has 3 nitrogen and oxygen atoms in total. The van der Waals surface area contributed by atoms with Gasteiger partial charge in [0.15, 0.2) is 0 Å². The lowest BCUT2D eigenvalue weighted by molar-refractivity contribution is -0.154. The van der Waals surface area contributed by atoms with Gasteiger partial charge in [-0.15, -0.1) is 0 Å². The maximum Gasteiger partial charge on any atom is 0.318 e. The summed E-state index contributed by atoms with van der Waals surface area (Å²) in [5.74, 6) is -1.40. The van der Waals surface area contributed by atoms with Crippen molar-refractivity contribution in [2.24, 2.45) is 17.8 Å². The molecular formula is C21H16O3. The highest BCUT2D eigenvalue weighted by atomic mass is 16.6. The largest absolute Gasteiger partial charge is 0.393 e. The number of carbonyl (C=O) groups excluding carboxylic acids is 2. The molecular weight excluding hydrogens is 300 g/mol. The molecule has 24 heavy (non-hydrogen) atoms. The highest BCUT2D eigenvalue weighted by Gasteiger charge is 2.67. The van der Waals surface area contributed by atoms with Crippen LogP contribution in [-0.4, -0.2) is 11.9 Å². The van der Waals surface area contributed by atoms with Gasteiger partial charge in [0.05, 0.1) is 11.8 Å². The van der Waals surface area contributed by atoms with Crippen molar-refractivity contribution in [2.45, 2.75) is 11.8 Å². The van der Waals surface area contributed by atoms with Crippen LogP contribution in [0.2, 0.25) is 0 Å². The summed E-state index contributed by atoms with van der Waals surface area (Å²) in [6.07, 6.45) is 3.03. The van der Waals surface area contributed by atoms with Gasteiger partial charge in [0, 0.05) is 5.41 Å². The molecule has 5 rings (SSSR count). The van der Waals surface area contributed by atoms with Crippen LogP contribution in [0.15, 0.2) is 66.7 Å². The van der Waals surface area contributed by atoms with E-state index in [1.54, 1.807) is 0 Å². The average molecular weight is 316 g/mol. The molecule has 3 heteroatoms.